The molecule has 0 bridgehead atoms. The van der Waals surface area contributed by atoms with Crippen molar-refractivity contribution in [2.75, 3.05) is 0 Å². The van der Waals surface area contributed by atoms with Crippen LogP contribution in [0.15, 0.2) is 12.7 Å². The fourth-order valence-electron chi connectivity index (χ4n) is 5.06. The highest BCUT2D eigenvalue weighted by Crippen LogP contribution is 2.61. The van der Waals surface area contributed by atoms with Crippen molar-refractivity contribution in [3.63, 3.8) is 0 Å². The van der Waals surface area contributed by atoms with Gasteiger partial charge in [-0.05, 0) is 59.3 Å². The summed E-state index contributed by atoms with van der Waals surface area (Å²) in [6, 6.07) is 0. The Bertz CT molecular complexity index is 548. The zero-order valence-corrected chi connectivity index (χ0v) is 15.7. The van der Waals surface area contributed by atoms with Crippen LogP contribution in [0.4, 0.5) is 0 Å². The van der Waals surface area contributed by atoms with E-state index >= 15 is 0 Å². The zero-order chi connectivity index (χ0) is 18.7. The Morgan fingerprint density at radius 2 is 1.56 bits per heavy atom. The Hall–Kier alpha value is -1.65. The second-order valence-electron chi connectivity index (χ2n) is 7.98. The topological polar surface area (TPSA) is 69.7 Å². The van der Waals surface area contributed by atoms with Gasteiger partial charge in [0.25, 0.3) is 0 Å². The summed E-state index contributed by atoms with van der Waals surface area (Å²) < 4.78 is 11.8. The average Bonchev–Trinajstić information content (AvgIpc) is 2.52. The lowest BCUT2D eigenvalue weighted by atomic mass is 9.50. The number of rotatable bonds is 6. The number of hydrogen-bond donors (Lipinski definition) is 0. The third kappa shape index (κ3) is 3.65. The number of fused-ring (bicyclic) bond motifs is 1. The molecule has 2 saturated carbocycles. The molecule has 0 N–H and O–H groups in total. The minimum Gasteiger partial charge on any atom is -0.458 e. The van der Waals surface area contributed by atoms with Crippen LogP contribution in [0.3, 0.4) is 0 Å². The number of carbonyl (C=O) groups excluding carboxylic acids is 3. The molecule has 5 nitrogen and oxygen atoms in total. The molecule has 0 aromatic heterocycles. The molecular weight excluding hydrogens is 320 g/mol. The molecule has 5 heteroatoms. The highest BCUT2D eigenvalue weighted by atomic mass is 16.6. The smallest absolute Gasteiger partial charge is 0.330 e. The largest absolute Gasteiger partial charge is 0.458 e. The van der Waals surface area contributed by atoms with E-state index in [4.69, 9.17) is 9.47 Å². The summed E-state index contributed by atoms with van der Waals surface area (Å²) in [5, 5.41) is 0. The molecule has 0 aromatic carbocycles. The summed E-state index contributed by atoms with van der Waals surface area (Å²) in [6.07, 6.45) is 8.15. The molecule has 25 heavy (non-hydrogen) atoms. The first-order valence-electron chi connectivity index (χ1n) is 9.25. The third-order valence-electron chi connectivity index (χ3n) is 6.12. The lowest BCUT2D eigenvalue weighted by Crippen LogP contribution is -2.65. The van der Waals surface area contributed by atoms with Gasteiger partial charge in [0.2, 0.25) is 0 Å². The molecule has 2 aliphatic carbocycles. The molecule has 2 aliphatic rings. The molecule has 0 atom stereocenters. The van der Waals surface area contributed by atoms with Crippen LogP contribution in [0, 0.1) is 5.41 Å². The van der Waals surface area contributed by atoms with Gasteiger partial charge in [-0.2, -0.15) is 0 Å². The van der Waals surface area contributed by atoms with Crippen molar-refractivity contribution in [2.24, 2.45) is 5.41 Å². The predicted octanol–water partition coefficient (Wildman–Crippen LogP) is 3.89. The number of hydrogen-bond acceptors (Lipinski definition) is 5. The van der Waals surface area contributed by atoms with Gasteiger partial charge in [-0.1, -0.05) is 19.4 Å². The van der Waals surface area contributed by atoms with Crippen LogP contribution < -0.4 is 0 Å². The van der Waals surface area contributed by atoms with Crippen molar-refractivity contribution in [3.05, 3.63) is 12.7 Å². The molecule has 140 valence electrons. The maximum Gasteiger partial charge on any atom is 0.330 e. The van der Waals surface area contributed by atoms with Crippen molar-refractivity contribution in [1.82, 2.24) is 0 Å². The Kier molecular flexibility index (Phi) is 5.75. The first-order valence-corrected chi connectivity index (χ1v) is 9.25. The second kappa shape index (κ2) is 7.30. The molecule has 0 saturated heterocycles. The van der Waals surface area contributed by atoms with Crippen LogP contribution >= 0.6 is 0 Å². The van der Waals surface area contributed by atoms with Gasteiger partial charge in [-0.15, -0.1) is 0 Å². The van der Waals surface area contributed by atoms with Crippen LogP contribution in [0.1, 0.15) is 78.6 Å². The molecule has 0 spiro atoms. The van der Waals surface area contributed by atoms with Crippen molar-refractivity contribution in [1.29, 1.82) is 0 Å². The van der Waals surface area contributed by atoms with E-state index < -0.39 is 28.6 Å². The van der Waals surface area contributed by atoms with E-state index in [1.165, 1.54) is 13.0 Å². The Morgan fingerprint density at radius 1 is 1.04 bits per heavy atom. The van der Waals surface area contributed by atoms with Crippen LogP contribution in [0.5, 0.6) is 0 Å². The molecule has 0 unspecified atom stereocenters. The van der Waals surface area contributed by atoms with Gasteiger partial charge < -0.3 is 9.47 Å². The first-order chi connectivity index (χ1) is 11.7. The van der Waals surface area contributed by atoms with E-state index in [0.29, 0.717) is 0 Å². The molecule has 0 heterocycles. The van der Waals surface area contributed by atoms with E-state index in [-0.39, 0.29) is 12.2 Å². The maximum absolute atomic E-state index is 12.4. The second-order valence-corrected chi connectivity index (χ2v) is 7.98. The van der Waals surface area contributed by atoms with Crippen molar-refractivity contribution in [3.8, 4) is 0 Å². The number of ether oxygens (including phenoxy) is 2. The van der Waals surface area contributed by atoms with E-state index in [0.717, 1.165) is 51.4 Å². The van der Waals surface area contributed by atoms with Gasteiger partial charge in [-0.3, -0.25) is 9.59 Å². The number of Topliss-reactive ketones (excluding diaryl/α,β-unsaturated/α-hetero) is 1. The third-order valence-corrected chi connectivity index (χ3v) is 6.12. The van der Waals surface area contributed by atoms with Crippen molar-refractivity contribution >= 4 is 17.7 Å². The molecular formula is C20H30O5. The Balaban J connectivity index is 2.41. The summed E-state index contributed by atoms with van der Waals surface area (Å²) in [6.45, 7) is 8.72. The van der Waals surface area contributed by atoms with Gasteiger partial charge in [0, 0.05) is 11.5 Å². The fraction of sp³-hybridized carbons (Fsp3) is 0.750. The SMILES string of the molecule is C=CC(=O)OC(C)(C)[C@]12CCCC[C@@]1(OC(=O)CC(C)=O)CCCC2. The zero-order valence-electron chi connectivity index (χ0n) is 15.7. The Labute approximate surface area is 150 Å². The highest BCUT2D eigenvalue weighted by molar-refractivity contribution is 5.94. The highest BCUT2D eigenvalue weighted by Gasteiger charge is 2.64. The number of carbonyl (C=O) groups is 3. The average molecular weight is 350 g/mol. The van der Waals surface area contributed by atoms with Crippen LogP contribution in [-0.4, -0.2) is 28.9 Å². The lowest BCUT2D eigenvalue weighted by Gasteiger charge is -2.61. The van der Waals surface area contributed by atoms with Gasteiger partial charge in [-0.25, -0.2) is 4.79 Å². The number of esters is 2. The molecule has 2 rings (SSSR count). The summed E-state index contributed by atoms with van der Waals surface area (Å²) >= 11 is 0. The maximum atomic E-state index is 12.4. The lowest BCUT2D eigenvalue weighted by molar-refractivity contribution is -0.246. The molecule has 0 radical (unpaired) electrons. The molecule has 0 aliphatic heterocycles. The van der Waals surface area contributed by atoms with Gasteiger partial charge in [0.15, 0.2) is 0 Å². The van der Waals surface area contributed by atoms with Gasteiger partial charge in [0.1, 0.15) is 23.4 Å². The first kappa shape index (κ1) is 19.7. The van der Waals surface area contributed by atoms with Crippen LogP contribution in [0.2, 0.25) is 0 Å². The summed E-state index contributed by atoms with van der Waals surface area (Å²) in [5.41, 5.74) is -1.88. The summed E-state index contributed by atoms with van der Waals surface area (Å²) in [4.78, 5) is 35.6. The number of ketones is 1. The van der Waals surface area contributed by atoms with E-state index in [1.54, 1.807) is 0 Å². The normalized spacial score (nSPS) is 29.2. The quantitative estimate of drug-likeness (QED) is 0.413. The standard InChI is InChI=1S/C20H30O5/c1-5-16(22)24-18(3,4)19-10-6-8-12-20(19,13-9-7-11-19)25-17(23)14-15(2)21/h5H,1,6-14H2,2-4H3/t19-,20-. The van der Waals surface area contributed by atoms with Gasteiger partial charge in [0.05, 0.1) is 0 Å². The molecule has 0 amide bonds. The van der Waals surface area contributed by atoms with E-state index in [9.17, 15) is 14.4 Å². The van der Waals surface area contributed by atoms with Crippen molar-refractivity contribution in [2.45, 2.75) is 89.8 Å². The minimum absolute atomic E-state index is 0.198. The molecule has 2 fully saturated rings. The fourth-order valence-corrected chi connectivity index (χ4v) is 5.06. The van der Waals surface area contributed by atoms with E-state index in [2.05, 4.69) is 6.58 Å². The van der Waals surface area contributed by atoms with E-state index in [1.807, 2.05) is 13.8 Å². The van der Waals surface area contributed by atoms with Gasteiger partial charge >= 0.3 is 11.9 Å². The van der Waals surface area contributed by atoms with Crippen molar-refractivity contribution < 1.29 is 23.9 Å². The molecule has 0 aromatic rings. The van der Waals surface area contributed by atoms with Crippen LogP contribution in [-0.2, 0) is 23.9 Å². The monoisotopic (exact) mass is 350 g/mol. The summed E-state index contributed by atoms with van der Waals surface area (Å²) in [7, 11) is 0. The predicted molar refractivity (Wildman–Crippen MR) is 93.9 cm³/mol. The Morgan fingerprint density at radius 3 is 2.04 bits per heavy atom. The summed E-state index contributed by atoms with van der Waals surface area (Å²) in [5.74, 6) is -1.12. The van der Waals surface area contributed by atoms with Crippen LogP contribution in [0.25, 0.3) is 0 Å². The minimum atomic E-state index is -0.782.